The van der Waals surface area contributed by atoms with Crippen LogP contribution < -0.4 is 10.6 Å². The van der Waals surface area contributed by atoms with Gasteiger partial charge in [0.25, 0.3) is 5.91 Å². The summed E-state index contributed by atoms with van der Waals surface area (Å²) in [4.78, 5) is 31.6. The van der Waals surface area contributed by atoms with Gasteiger partial charge in [-0.1, -0.05) is 38.1 Å². The fraction of sp³-hybridized carbons (Fsp3) is 0.567. The topological polar surface area (TPSA) is 108 Å². The van der Waals surface area contributed by atoms with Crippen molar-refractivity contribution in [1.29, 1.82) is 0 Å². The van der Waals surface area contributed by atoms with E-state index in [0.29, 0.717) is 30.1 Å². The van der Waals surface area contributed by atoms with Crippen molar-refractivity contribution in [3.05, 3.63) is 53.0 Å². The SMILES string of the molecule is Cc1nnc2c(NC3CCN(CC(C)(C)F)CC3)cc(C(=O)N3[C@@H]4c5ccccc5C[C@H]3C(=O)N[C@@H]4C(C)C)nn12. The van der Waals surface area contributed by atoms with Gasteiger partial charge in [-0.2, -0.15) is 9.61 Å². The molecule has 6 rings (SSSR count). The summed E-state index contributed by atoms with van der Waals surface area (Å²) < 4.78 is 15.8. The van der Waals surface area contributed by atoms with Gasteiger partial charge in [0.05, 0.1) is 17.8 Å². The molecule has 2 amide bonds. The summed E-state index contributed by atoms with van der Waals surface area (Å²) in [6, 6.07) is 8.85. The zero-order valence-electron chi connectivity index (χ0n) is 24.4. The van der Waals surface area contributed by atoms with Gasteiger partial charge in [0.1, 0.15) is 11.7 Å². The number of carbonyl (C=O) groups excluding carboxylic acids is 2. The van der Waals surface area contributed by atoms with Crippen LogP contribution in [0.2, 0.25) is 0 Å². The Labute approximate surface area is 239 Å². The van der Waals surface area contributed by atoms with Crippen molar-refractivity contribution < 1.29 is 14.0 Å². The van der Waals surface area contributed by atoms with E-state index in [-0.39, 0.29) is 41.6 Å². The number of hydrogen-bond donors (Lipinski definition) is 2. The lowest BCUT2D eigenvalue weighted by Gasteiger charge is -2.51. The third kappa shape index (κ3) is 5.16. The summed E-state index contributed by atoms with van der Waals surface area (Å²) in [5.74, 6) is 0.270. The number of piperidine rings is 1. The Balaban J connectivity index is 1.33. The molecular weight excluding hydrogens is 523 g/mol. The molecule has 2 bridgehead atoms. The number of hydrogen-bond acceptors (Lipinski definition) is 7. The number of fused-ring (bicyclic) bond motifs is 5. The first kappa shape index (κ1) is 27.6. The molecule has 0 aliphatic carbocycles. The molecule has 0 unspecified atom stereocenters. The quantitative estimate of drug-likeness (QED) is 0.475. The number of aryl methyl sites for hydroxylation is 1. The molecule has 11 heteroatoms. The molecule has 10 nitrogen and oxygen atoms in total. The van der Waals surface area contributed by atoms with Crippen molar-refractivity contribution in [2.24, 2.45) is 5.92 Å². The number of likely N-dealkylation sites (tertiary alicyclic amines) is 1. The average molecular weight is 563 g/mol. The van der Waals surface area contributed by atoms with E-state index < -0.39 is 11.7 Å². The second-order valence-electron chi connectivity index (χ2n) is 12.7. The summed E-state index contributed by atoms with van der Waals surface area (Å²) in [6.45, 7) is 11.1. The fourth-order valence-corrected chi connectivity index (χ4v) is 6.70. The number of carbonyl (C=O) groups is 2. The lowest BCUT2D eigenvalue weighted by atomic mass is 9.78. The molecule has 2 fully saturated rings. The molecule has 3 aliphatic rings. The number of nitrogens with zero attached hydrogens (tertiary/aromatic N) is 6. The number of nitrogens with one attached hydrogen (secondary N) is 2. The number of benzene rings is 1. The molecule has 41 heavy (non-hydrogen) atoms. The van der Waals surface area contributed by atoms with E-state index in [1.54, 1.807) is 36.3 Å². The van der Waals surface area contributed by atoms with Crippen molar-refractivity contribution in [1.82, 2.24) is 34.9 Å². The highest BCUT2D eigenvalue weighted by Crippen LogP contribution is 2.41. The van der Waals surface area contributed by atoms with Crippen LogP contribution in [0, 0.1) is 12.8 Å². The molecule has 2 saturated heterocycles. The van der Waals surface area contributed by atoms with Crippen molar-refractivity contribution >= 4 is 23.1 Å². The highest BCUT2D eigenvalue weighted by atomic mass is 19.1. The highest BCUT2D eigenvalue weighted by Gasteiger charge is 2.50. The molecule has 0 spiro atoms. The predicted octanol–water partition coefficient (Wildman–Crippen LogP) is 3.32. The van der Waals surface area contributed by atoms with E-state index in [1.165, 1.54) is 0 Å². The Morgan fingerprint density at radius 2 is 1.93 bits per heavy atom. The number of alkyl halides is 1. The lowest BCUT2D eigenvalue weighted by Crippen LogP contribution is -2.66. The van der Waals surface area contributed by atoms with Crippen LogP contribution in [0.15, 0.2) is 30.3 Å². The summed E-state index contributed by atoms with van der Waals surface area (Å²) in [6.07, 6.45) is 2.14. The number of halogens is 1. The maximum Gasteiger partial charge on any atom is 0.275 e. The third-order valence-electron chi connectivity index (χ3n) is 8.62. The van der Waals surface area contributed by atoms with Crippen LogP contribution in [0.4, 0.5) is 10.1 Å². The highest BCUT2D eigenvalue weighted by molar-refractivity contribution is 5.99. The van der Waals surface area contributed by atoms with Gasteiger partial charge >= 0.3 is 0 Å². The Morgan fingerprint density at radius 1 is 1.20 bits per heavy atom. The van der Waals surface area contributed by atoms with Gasteiger partial charge in [0.2, 0.25) is 11.6 Å². The second-order valence-corrected chi connectivity index (χ2v) is 12.7. The maximum absolute atomic E-state index is 14.4. The minimum absolute atomic E-state index is 0.118. The maximum atomic E-state index is 14.4. The van der Waals surface area contributed by atoms with Gasteiger partial charge in [-0.25, -0.2) is 4.39 Å². The van der Waals surface area contributed by atoms with E-state index in [2.05, 4.69) is 56.8 Å². The molecule has 1 aromatic carbocycles. The van der Waals surface area contributed by atoms with Gasteiger partial charge in [-0.15, -0.1) is 10.2 Å². The van der Waals surface area contributed by atoms with Crippen LogP contribution in [-0.2, 0) is 11.2 Å². The van der Waals surface area contributed by atoms with Crippen molar-refractivity contribution in [2.45, 2.75) is 83.7 Å². The van der Waals surface area contributed by atoms with Crippen molar-refractivity contribution in [2.75, 3.05) is 25.0 Å². The van der Waals surface area contributed by atoms with E-state index in [0.717, 1.165) is 37.1 Å². The zero-order chi connectivity index (χ0) is 29.1. The van der Waals surface area contributed by atoms with Crippen molar-refractivity contribution in [3.63, 3.8) is 0 Å². The number of anilines is 1. The van der Waals surface area contributed by atoms with E-state index in [1.807, 2.05) is 12.1 Å². The van der Waals surface area contributed by atoms with Crippen LogP contribution in [-0.4, -0.2) is 84.9 Å². The van der Waals surface area contributed by atoms with Crippen LogP contribution >= 0.6 is 0 Å². The van der Waals surface area contributed by atoms with Gasteiger partial charge in [-0.3, -0.25) is 9.59 Å². The lowest BCUT2D eigenvalue weighted by molar-refractivity contribution is -0.133. The second kappa shape index (κ2) is 10.3. The van der Waals surface area contributed by atoms with Crippen LogP contribution in [0.5, 0.6) is 0 Å². The number of piperazine rings is 1. The molecular formula is C30H39FN8O2. The Hall–Kier alpha value is -3.60. The molecule has 5 heterocycles. The van der Waals surface area contributed by atoms with Gasteiger partial charge < -0.3 is 20.4 Å². The molecule has 0 saturated carbocycles. The van der Waals surface area contributed by atoms with Crippen molar-refractivity contribution in [3.8, 4) is 0 Å². The summed E-state index contributed by atoms with van der Waals surface area (Å²) >= 11 is 0. The Morgan fingerprint density at radius 3 is 2.63 bits per heavy atom. The standard InChI is InChI=1S/C30H39FN8O2/c1-17(2)25-26-21-9-7-6-8-19(21)14-24(28(40)33-25)38(26)29(41)23-15-22(27-35-34-18(3)39(27)36-23)32-20-10-12-37(13-11-20)16-30(4,5)31/h6-9,15,17,20,24-26,32H,10-14,16H2,1-5H3,(H,33,40)/t24-,25+,26+/m0/s1. The Kier molecular flexibility index (Phi) is 6.96. The van der Waals surface area contributed by atoms with E-state index in [9.17, 15) is 14.0 Å². The first-order valence-electron chi connectivity index (χ1n) is 14.6. The third-order valence-corrected chi connectivity index (χ3v) is 8.62. The largest absolute Gasteiger partial charge is 0.379 e. The minimum atomic E-state index is -1.23. The van der Waals surface area contributed by atoms with Gasteiger partial charge in [0.15, 0.2) is 11.5 Å². The fourth-order valence-electron chi connectivity index (χ4n) is 6.70. The van der Waals surface area contributed by atoms with E-state index in [4.69, 9.17) is 0 Å². The monoisotopic (exact) mass is 562 g/mol. The number of rotatable bonds is 6. The molecule has 0 radical (unpaired) electrons. The average Bonchev–Trinajstić information content (AvgIpc) is 3.30. The normalized spacial score (nSPS) is 23.5. The first-order chi connectivity index (χ1) is 19.5. The molecule has 218 valence electrons. The zero-order valence-corrected chi connectivity index (χ0v) is 24.4. The summed E-state index contributed by atoms with van der Waals surface area (Å²) in [7, 11) is 0. The summed E-state index contributed by atoms with van der Waals surface area (Å²) in [5.41, 5.74) is 2.42. The van der Waals surface area contributed by atoms with Gasteiger partial charge in [-0.05, 0) is 56.7 Å². The molecule has 2 aromatic heterocycles. The predicted molar refractivity (Wildman–Crippen MR) is 153 cm³/mol. The molecule has 3 aliphatic heterocycles. The van der Waals surface area contributed by atoms with Crippen LogP contribution in [0.1, 0.15) is 74.0 Å². The van der Waals surface area contributed by atoms with Crippen LogP contribution in [0.3, 0.4) is 0 Å². The van der Waals surface area contributed by atoms with Gasteiger partial charge in [0, 0.05) is 32.1 Å². The number of amides is 2. The summed E-state index contributed by atoms with van der Waals surface area (Å²) in [5, 5.41) is 20.0. The smallest absolute Gasteiger partial charge is 0.275 e. The Bertz CT molecular complexity index is 1470. The minimum Gasteiger partial charge on any atom is -0.379 e. The van der Waals surface area contributed by atoms with E-state index >= 15 is 0 Å². The number of aromatic nitrogens is 4. The molecule has 2 N–H and O–H groups in total. The molecule has 3 aromatic rings. The first-order valence-corrected chi connectivity index (χ1v) is 14.6. The molecule has 3 atom stereocenters. The van der Waals surface area contributed by atoms with Crippen LogP contribution in [0.25, 0.3) is 5.65 Å².